The number of fused-ring (bicyclic) bond motifs is 1. The molecular formula is C33H41N5O4S. The summed E-state index contributed by atoms with van der Waals surface area (Å²) >= 11 is 0. The first-order valence-corrected chi connectivity index (χ1v) is 16.3. The number of hydrogen-bond acceptors (Lipinski definition) is 6. The number of piperidine rings is 1. The van der Waals surface area contributed by atoms with Crippen molar-refractivity contribution in [1.82, 2.24) is 19.4 Å². The molecule has 0 aliphatic carbocycles. The van der Waals surface area contributed by atoms with E-state index in [9.17, 15) is 18.3 Å². The molecule has 10 heteroatoms. The molecule has 0 spiro atoms. The highest BCUT2D eigenvalue weighted by Crippen LogP contribution is 2.28. The number of amides is 1. The first-order valence-electron chi connectivity index (χ1n) is 14.8. The fourth-order valence-electron chi connectivity index (χ4n) is 6.16. The van der Waals surface area contributed by atoms with Gasteiger partial charge in [0.1, 0.15) is 0 Å². The largest absolute Gasteiger partial charge is 0.396 e. The van der Waals surface area contributed by atoms with E-state index in [2.05, 4.69) is 21.2 Å². The molecule has 1 unspecified atom stereocenters. The van der Waals surface area contributed by atoms with E-state index in [0.29, 0.717) is 30.1 Å². The quantitative estimate of drug-likeness (QED) is 0.251. The van der Waals surface area contributed by atoms with E-state index < -0.39 is 10.0 Å². The van der Waals surface area contributed by atoms with Crippen LogP contribution >= 0.6 is 0 Å². The molecule has 5 rings (SSSR count). The minimum Gasteiger partial charge on any atom is -0.396 e. The lowest BCUT2D eigenvalue weighted by molar-refractivity contribution is 0.0620. The molecule has 0 saturated carbocycles. The maximum Gasteiger partial charge on any atom is 0.253 e. The minimum absolute atomic E-state index is 0.0187. The van der Waals surface area contributed by atoms with Crippen molar-refractivity contribution < 1.29 is 18.3 Å². The highest BCUT2D eigenvalue weighted by atomic mass is 32.2. The third kappa shape index (κ3) is 6.61. The second-order valence-electron chi connectivity index (χ2n) is 11.9. The molecule has 2 heterocycles. The summed E-state index contributed by atoms with van der Waals surface area (Å²) in [6.45, 7) is 11.2. The molecule has 3 aromatic carbocycles. The molecule has 1 saturated heterocycles. The molecule has 1 aliphatic rings. The number of aliphatic hydroxyl groups is 1. The molecule has 0 bridgehead atoms. The van der Waals surface area contributed by atoms with Crippen molar-refractivity contribution in [3.05, 3.63) is 82.5 Å². The number of anilines is 1. The average molecular weight is 604 g/mol. The number of nitrogens with one attached hydrogen (secondary N) is 2. The summed E-state index contributed by atoms with van der Waals surface area (Å²) in [7, 11) is -3.69. The Labute approximate surface area is 254 Å². The van der Waals surface area contributed by atoms with E-state index in [1.807, 2.05) is 86.7 Å². The number of benzene rings is 3. The van der Waals surface area contributed by atoms with Crippen LogP contribution < -0.4 is 10.0 Å². The highest BCUT2D eigenvalue weighted by Gasteiger charge is 2.25. The van der Waals surface area contributed by atoms with Crippen molar-refractivity contribution >= 4 is 32.5 Å². The molecule has 4 aromatic rings. The zero-order valence-electron chi connectivity index (χ0n) is 25.5. The third-order valence-electron chi connectivity index (χ3n) is 8.08. The maximum atomic E-state index is 13.2. The van der Waals surface area contributed by atoms with E-state index >= 15 is 0 Å². The molecular weight excluding hydrogens is 562 g/mol. The van der Waals surface area contributed by atoms with Crippen molar-refractivity contribution in [1.29, 1.82) is 0 Å². The summed E-state index contributed by atoms with van der Waals surface area (Å²) in [6.07, 6.45) is 3.65. The second kappa shape index (κ2) is 12.5. The summed E-state index contributed by atoms with van der Waals surface area (Å²) in [5.41, 5.74) is 6.75. The van der Waals surface area contributed by atoms with Gasteiger partial charge in [-0.15, -0.1) is 0 Å². The Morgan fingerprint density at radius 3 is 2.40 bits per heavy atom. The van der Waals surface area contributed by atoms with Crippen LogP contribution in [-0.2, 0) is 10.0 Å². The summed E-state index contributed by atoms with van der Waals surface area (Å²) in [5, 5.41) is 18.5. The van der Waals surface area contributed by atoms with Crippen molar-refractivity contribution in [3.8, 4) is 5.69 Å². The molecule has 3 N–H and O–H groups in total. The van der Waals surface area contributed by atoms with Crippen molar-refractivity contribution in [2.24, 2.45) is 5.92 Å². The van der Waals surface area contributed by atoms with Gasteiger partial charge >= 0.3 is 0 Å². The monoisotopic (exact) mass is 603 g/mol. The summed E-state index contributed by atoms with van der Waals surface area (Å²) < 4.78 is 31.1. The first-order chi connectivity index (χ1) is 20.5. The highest BCUT2D eigenvalue weighted by molar-refractivity contribution is 7.89. The predicted molar refractivity (Wildman–Crippen MR) is 170 cm³/mol. The normalized spacial score (nSPS) is 16.4. The number of likely N-dealkylation sites (tertiary alicyclic amines) is 1. The molecule has 1 amide bonds. The molecule has 1 aliphatic heterocycles. The number of carbonyl (C=O) groups excluding carboxylic acids is 1. The second-order valence-corrected chi connectivity index (χ2v) is 13.6. The fourth-order valence-corrected chi connectivity index (χ4v) is 7.86. The molecule has 43 heavy (non-hydrogen) atoms. The zero-order valence-corrected chi connectivity index (χ0v) is 26.3. The van der Waals surface area contributed by atoms with Gasteiger partial charge < -0.3 is 15.3 Å². The van der Waals surface area contributed by atoms with E-state index in [-0.39, 0.29) is 24.5 Å². The van der Waals surface area contributed by atoms with Crippen LogP contribution in [0.4, 0.5) is 5.69 Å². The molecule has 9 nitrogen and oxygen atoms in total. The average Bonchev–Trinajstić information content (AvgIpc) is 3.38. The van der Waals surface area contributed by atoms with Gasteiger partial charge in [-0.05, 0) is 106 Å². The number of hydrogen-bond donors (Lipinski definition) is 3. The van der Waals surface area contributed by atoms with E-state index in [1.54, 1.807) is 6.20 Å². The lowest BCUT2D eigenvalue weighted by Crippen LogP contribution is -2.40. The van der Waals surface area contributed by atoms with Crippen LogP contribution in [0.5, 0.6) is 0 Å². The van der Waals surface area contributed by atoms with Gasteiger partial charge in [-0.3, -0.25) is 4.79 Å². The Bertz CT molecular complexity index is 1720. The molecule has 1 fully saturated rings. The summed E-state index contributed by atoms with van der Waals surface area (Å²) in [5.74, 6) is 0.123. The molecule has 0 radical (unpaired) electrons. The first kappa shape index (κ1) is 30.7. The summed E-state index contributed by atoms with van der Waals surface area (Å²) in [6, 6.07) is 14.9. The molecule has 1 aromatic heterocycles. The van der Waals surface area contributed by atoms with Gasteiger partial charge in [-0.2, -0.15) is 5.10 Å². The lowest BCUT2D eigenvalue weighted by atomic mass is 9.98. The van der Waals surface area contributed by atoms with E-state index in [4.69, 9.17) is 0 Å². The van der Waals surface area contributed by atoms with Crippen LogP contribution in [0.3, 0.4) is 0 Å². The van der Waals surface area contributed by atoms with Crippen LogP contribution in [0.25, 0.3) is 16.6 Å². The van der Waals surface area contributed by atoms with Crippen molar-refractivity contribution in [2.45, 2.75) is 58.4 Å². The molecule has 2 atom stereocenters. The Balaban J connectivity index is 1.31. The van der Waals surface area contributed by atoms with Gasteiger partial charge in [0.05, 0.1) is 22.3 Å². The topological polar surface area (TPSA) is 117 Å². The fraction of sp³-hybridized carbons (Fsp3) is 0.394. The third-order valence-corrected chi connectivity index (χ3v) is 9.98. The van der Waals surface area contributed by atoms with E-state index in [0.717, 1.165) is 57.4 Å². The number of carbonyl (C=O) groups is 1. The number of aromatic nitrogens is 2. The van der Waals surface area contributed by atoms with Crippen LogP contribution in [0.2, 0.25) is 0 Å². The predicted octanol–water partition coefficient (Wildman–Crippen LogP) is 4.88. The Hall–Kier alpha value is -3.73. The lowest BCUT2D eigenvalue weighted by Gasteiger charge is -2.31. The van der Waals surface area contributed by atoms with Gasteiger partial charge in [0.25, 0.3) is 5.91 Å². The van der Waals surface area contributed by atoms with Crippen LogP contribution in [0, 0.1) is 33.6 Å². The van der Waals surface area contributed by atoms with Crippen LogP contribution in [0.1, 0.15) is 52.4 Å². The number of rotatable bonds is 9. The minimum atomic E-state index is -3.69. The van der Waals surface area contributed by atoms with Gasteiger partial charge in [0.2, 0.25) is 10.0 Å². The molecule has 228 valence electrons. The number of aliphatic hydroxyl groups excluding tert-OH is 1. The Morgan fingerprint density at radius 1 is 1.05 bits per heavy atom. The van der Waals surface area contributed by atoms with Gasteiger partial charge in [0.15, 0.2) is 0 Å². The SMILES string of the molecule is Cc1cc(C)c(S(=O)(=O)N[C@@H](C)CNc2cc(C)cc3c2cnn3-c2ccc(C(=O)N3CCCC(CO)C3)cc2)c(C)c1. The number of nitrogens with zero attached hydrogens (tertiary/aromatic N) is 3. The maximum absolute atomic E-state index is 13.2. The van der Waals surface area contributed by atoms with Crippen LogP contribution in [-0.4, -0.2) is 66.4 Å². The Morgan fingerprint density at radius 2 is 1.72 bits per heavy atom. The van der Waals surface area contributed by atoms with E-state index in [1.165, 1.54) is 0 Å². The van der Waals surface area contributed by atoms with Crippen LogP contribution in [0.15, 0.2) is 59.6 Å². The summed E-state index contributed by atoms with van der Waals surface area (Å²) in [4.78, 5) is 15.2. The van der Waals surface area contributed by atoms with Crippen molar-refractivity contribution in [2.75, 3.05) is 31.6 Å². The standard InChI is InChI=1S/C33H41N5O4S/c1-21-13-23(3)32(24(4)14-21)43(41,42)36-25(5)17-34-30-15-22(2)16-31-29(30)18-35-38(31)28-10-8-27(9-11-28)33(40)37-12-6-7-26(19-37)20-39/h8-11,13-16,18,25-26,34,36,39H,6-7,12,17,19-20H2,1-5H3/t25-,26?/m0/s1. The Kier molecular flexibility index (Phi) is 8.91. The van der Waals surface area contributed by atoms with Gasteiger partial charge in [-0.25, -0.2) is 17.8 Å². The zero-order chi connectivity index (χ0) is 30.9. The van der Waals surface area contributed by atoms with Gasteiger partial charge in [0, 0.05) is 48.9 Å². The van der Waals surface area contributed by atoms with Crippen molar-refractivity contribution in [3.63, 3.8) is 0 Å². The van der Waals surface area contributed by atoms with Gasteiger partial charge in [-0.1, -0.05) is 17.7 Å². The number of aryl methyl sites for hydroxylation is 4. The number of sulfonamides is 1. The smallest absolute Gasteiger partial charge is 0.253 e.